The Balaban J connectivity index is 1.95. The number of hydrogen-bond acceptors (Lipinski definition) is 3. The van der Waals surface area contributed by atoms with Crippen molar-refractivity contribution in [2.75, 3.05) is 0 Å². The maximum absolute atomic E-state index is 4.87. The highest BCUT2D eigenvalue weighted by Crippen LogP contribution is 2.41. The van der Waals surface area contributed by atoms with Crippen molar-refractivity contribution in [2.24, 2.45) is 5.41 Å². The molecule has 0 spiro atoms. The smallest absolute Gasteiger partial charge is 0.119 e. The van der Waals surface area contributed by atoms with Crippen LogP contribution in [0.2, 0.25) is 0 Å². The Morgan fingerprint density at radius 3 is 2.59 bits per heavy atom. The lowest BCUT2D eigenvalue weighted by Crippen LogP contribution is -2.13. The minimum Gasteiger partial charge on any atom is -0.268 e. The van der Waals surface area contributed by atoms with Gasteiger partial charge in [-0.1, -0.05) is 19.9 Å². The number of nitrogens with zero attached hydrogens (tertiary/aromatic N) is 4. The Bertz CT molecular complexity index is 804. The molecule has 0 N–H and O–H groups in total. The molecule has 0 fully saturated rings. The molecule has 0 bridgehead atoms. The highest BCUT2D eigenvalue weighted by Gasteiger charge is 2.34. The zero-order chi connectivity index (χ0) is 15.2. The van der Waals surface area contributed by atoms with E-state index in [0.717, 1.165) is 29.9 Å². The highest BCUT2D eigenvalue weighted by molar-refractivity contribution is 5.81. The van der Waals surface area contributed by atoms with Gasteiger partial charge in [0.1, 0.15) is 5.69 Å². The quantitative estimate of drug-likeness (QED) is 0.724. The summed E-state index contributed by atoms with van der Waals surface area (Å²) in [6.45, 7) is 5.53. The molecule has 3 aromatic heterocycles. The summed E-state index contributed by atoms with van der Waals surface area (Å²) in [5.41, 5.74) is 5.82. The number of hydrogen-bond donors (Lipinski definition) is 0. The Morgan fingerprint density at radius 2 is 1.86 bits per heavy atom. The SMILES string of the molecule is CC1(C)Cc2c(-c3ccncc3)c(-c3ccccn3)nn2C1. The van der Waals surface area contributed by atoms with E-state index in [-0.39, 0.29) is 5.41 Å². The molecule has 0 aliphatic carbocycles. The predicted molar refractivity (Wildman–Crippen MR) is 86.2 cm³/mol. The minimum absolute atomic E-state index is 0.257. The fourth-order valence-electron chi connectivity index (χ4n) is 3.23. The van der Waals surface area contributed by atoms with Crippen LogP contribution in [0.25, 0.3) is 22.5 Å². The van der Waals surface area contributed by atoms with E-state index in [2.05, 4.69) is 40.6 Å². The summed E-state index contributed by atoms with van der Waals surface area (Å²) in [6, 6.07) is 10.1. The molecule has 0 saturated heterocycles. The summed E-state index contributed by atoms with van der Waals surface area (Å²) in [4.78, 5) is 8.63. The van der Waals surface area contributed by atoms with Crippen LogP contribution in [-0.4, -0.2) is 19.7 Å². The van der Waals surface area contributed by atoms with E-state index in [1.807, 2.05) is 36.8 Å². The molecule has 0 unspecified atom stereocenters. The topological polar surface area (TPSA) is 43.6 Å². The lowest BCUT2D eigenvalue weighted by molar-refractivity contribution is 0.347. The van der Waals surface area contributed by atoms with E-state index in [1.54, 1.807) is 0 Å². The van der Waals surface area contributed by atoms with Gasteiger partial charge >= 0.3 is 0 Å². The van der Waals surface area contributed by atoms with Gasteiger partial charge in [-0.25, -0.2) is 0 Å². The molecule has 22 heavy (non-hydrogen) atoms. The first-order valence-corrected chi connectivity index (χ1v) is 7.55. The highest BCUT2D eigenvalue weighted by atomic mass is 15.3. The van der Waals surface area contributed by atoms with Crippen LogP contribution in [0.3, 0.4) is 0 Å². The number of pyridine rings is 2. The zero-order valence-corrected chi connectivity index (χ0v) is 12.8. The van der Waals surface area contributed by atoms with Crippen LogP contribution in [0.15, 0.2) is 48.9 Å². The summed E-state index contributed by atoms with van der Waals surface area (Å²) in [6.07, 6.45) is 6.52. The molecule has 4 heterocycles. The Hall–Kier alpha value is -2.49. The molecule has 3 aromatic rings. The fourth-order valence-corrected chi connectivity index (χ4v) is 3.23. The minimum atomic E-state index is 0.257. The average Bonchev–Trinajstić information content (AvgIpc) is 3.00. The van der Waals surface area contributed by atoms with E-state index < -0.39 is 0 Å². The zero-order valence-electron chi connectivity index (χ0n) is 12.8. The van der Waals surface area contributed by atoms with Crippen LogP contribution in [-0.2, 0) is 13.0 Å². The van der Waals surface area contributed by atoms with E-state index in [9.17, 15) is 0 Å². The molecule has 4 nitrogen and oxygen atoms in total. The first-order chi connectivity index (χ1) is 10.6. The second-order valence-corrected chi connectivity index (χ2v) is 6.62. The second kappa shape index (κ2) is 4.77. The van der Waals surface area contributed by atoms with Gasteiger partial charge < -0.3 is 0 Å². The number of aromatic nitrogens is 4. The van der Waals surface area contributed by atoms with Crippen LogP contribution < -0.4 is 0 Å². The molecular weight excluding hydrogens is 272 g/mol. The monoisotopic (exact) mass is 290 g/mol. The van der Waals surface area contributed by atoms with Crippen LogP contribution in [0, 0.1) is 5.41 Å². The van der Waals surface area contributed by atoms with Crippen molar-refractivity contribution in [2.45, 2.75) is 26.8 Å². The van der Waals surface area contributed by atoms with Gasteiger partial charge in [-0.15, -0.1) is 0 Å². The average molecular weight is 290 g/mol. The van der Waals surface area contributed by atoms with Crippen LogP contribution in [0.1, 0.15) is 19.5 Å². The van der Waals surface area contributed by atoms with Crippen LogP contribution in [0.5, 0.6) is 0 Å². The maximum atomic E-state index is 4.87. The van der Waals surface area contributed by atoms with Crippen molar-refractivity contribution in [3.05, 3.63) is 54.6 Å². The van der Waals surface area contributed by atoms with Gasteiger partial charge in [0.25, 0.3) is 0 Å². The normalized spacial score (nSPS) is 15.7. The van der Waals surface area contributed by atoms with E-state index in [4.69, 9.17) is 5.10 Å². The summed E-state index contributed by atoms with van der Waals surface area (Å²) < 4.78 is 2.15. The van der Waals surface area contributed by atoms with Gasteiger partial charge in [-0.2, -0.15) is 5.10 Å². The lowest BCUT2D eigenvalue weighted by Gasteiger charge is -2.15. The molecule has 0 saturated carbocycles. The van der Waals surface area contributed by atoms with Crippen LogP contribution in [0.4, 0.5) is 0 Å². The Labute approximate surface area is 129 Å². The van der Waals surface area contributed by atoms with Gasteiger partial charge in [-0.05, 0) is 41.7 Å². The Morgan fingerprint density at radius 1 is 1.05 bits per heavy atom. The van der Waals surface area contributed by atoms with E-state index >= 15 is 0 Å². The standard InChI is InChI=1S/C18H18N4/c1-18(2)11-15-16(13-6-9-19-10-7-13)17(21-22(15)12-18)14-5-3-4-8-20-14/h3-10H,11-12H2,1-2H3. The summed E-state index contributed by atoms with van der Waals surface area (Å²) in [5.74, 6) is 0. The molecule has 0 atom stereocenters. The Kier molecular flexibility index (Phi) is 2.86. The molecule has 0 aromatic carbocycles. The molecule has 0 radical (unpaired) electrons. The van der Waals surface area contributed by atoms with Gasteiger partial charge in [0.2, 0.25) is 0 Å². The first-order valence-electron chi connectivity index (χ1n) is 7.55. The van der Waals surface area contributed by atoms with Crippen molar-refractivity contribution in [3.8, 4) is 22.5 Å². The number of rotatable bonds is 2. The van der Waals surface area contributed by atoms with Gasteiger partial charge in [0.15, 0.2) is 0 Å². The molecule has 4 heteroatoms. The van der Waals surface area contributed by atoms with Gasteiger partial charge in [0.05, 0.1) is 5.69 Å². The van der Waals surface area contributed by atoms with Crippen molar-refractivity contribution in [1.29, 1.82) is 0 Å². The van der Waals surface area contributed by atoms with E-state index in [0.29, 0.717) is 0 Å². The third-order valence-corrected chi connectivity index (χ3v) is 4.16. The number of fused-ring (bicyclic) bond motifs is 1. The largest absolute Gasteiger partial charge is 0.268 e. The molecule has 1 aliphatic rings. The van der Waals surface area contributed by atoms with Crippen molar-refractivity contribution >= 4 is 0 Å². The van der Waals surface area contributed by atoms with Gasteiger partial charge in [-0.3, -0.25) is 14.6 Å². The third kappa shape index (κ3) is 2.11. The molecule has 0 amide bonds. The lowest BCUT2D eigenvalue weighted by atomic mass is 9.89. The second-order valence-electron chi connectivity index (χ2n) is 6.62. The summed E-state index contributed by atoms with van der Waals surface area (Å²) in [5, 5.41) is 4.87. The van der Waals surface area contributed by atoms with Crippen LogP contribution >= 0.6 is 0 Å². The fraction of sp³-hybridized carbons (Fsp3) is 0.278. The van der Waals surface area contributed by atoms with Crippen molar-refractivity contribution in [3.63, 3.8) is 0 Å². The van der Waals surface area contributed by atoms with E-state index in [1.165, 1.54) is 11.3 Å². The maximum Gasteiger partial charge on any atom is 0.119 e. The molecular formula is C18H18N4. The molecule has 4 rings (SSSR count). The van der Waals surface area contributed by atoms with Crippen molar-refractivity contribution in [1.82, 2.24) is 19.7 Å². The van der Waals surface area contributed by atoms with Gasteiger partial charge in [0, 0.05) is 36.4 Å². The summed E-state index contributed by atoms with van der Waals surface area (Å²) >= 11 is 0. The van der Waals surface area contributed by atoms with Crippen molar-refractivity contribution < 1.29 is 0 Å². The molecule has 1 aliphatic heterocycles. The predicted octanol–water partition coefficient (Wildman–Crippen LogP) is 3.59. The third-order valence-electron chi connectivity index (χ3n) is 4.16. The summed E-state index contributed by atoms with van der Waals surface area (Å²) in [7, 11) is 0. The first kappa shape index (κ1) is 13.2. The molecule has 110 valence electrons.